The second-order valence-corrected chi connectivity index (χ2v) is 3.93. The van der Waals surface area contributed by atoms with E-state index in [9.17, 15) is 0 Å². The van der Waals surface area contributed by atoms with E-state index < -0.39 is 0 Å². The van der Waals surface area contributed by atoms with Crippen molar-refractivity contribution < 1.29 is 9.47 Å². The first kappa shape index (κ1) is 11.3. The van der Waals surface area contributed by atoms with Crippen molar-refractivity contribution >= 4 is 0 Å². The fourth-order valence-corrected chi connectivity index (χ4v) is 2.02. The van der Waals surface area contributed by atoms with E-state index in [1.54, 1.807) is 19.5 Å². The standard InChI is InChI=1S/C11H17N3O2/c1-15-11-10(13-4-5-14-11)9(12)8-2-6-16-7-3-8/h4-5,8-9H,2-3,6-7,12H2,1H3. The molecule has 0 aliphatic carbocycles. The summed E-state index contributed by atoms with van der Waals surface area (Å²) < 4.78 is 10.5. The minimum atomic E-state index is -0.118. The van der Waals surface area contributed by atoms with Crippen LogP contribution in [0.3, 0.4) is 0 Å². The maximum Gasteiger partial charge on any atom is 0.236 e. The van der Waals surface area contributed by atoms with E-state index in [0.29, 0.717) is 11.8 Å². The van der Waals surface area contributed by atoms with Gasteiger partial charge in [0.15, 0.2) is 0 Å². The molecule has 0 spiro atoms. The molecule has 1 fully saturated rings. The molecule has 1 aromatic rings. The topological polar surface area (TPSA) is 70.3 Å². The lowest BCUT2D eigenvalue weighted by molar-refractivity contribution is 0.0575. The van der Waals surface area contributed by atoms with Crippen LogP contribution in [-0.2, 0) is 4.74 Å². The van der Waals surface area contributed by atoms with Crippen LogP contribution in [0, 0.1) is 5.92 Å². The summed E-state index contributed by atoms with van der Waals surface area (Å²) in [6.45, 7) is 1.56. The Morgan fingerprint density at radius 2 is 2.06 bits per heavy atom. The van der Waals surface area contributed by atoms with E-state index in [2.05, 4.69) is 9.97 Å². The van der Waals surface area contributed by atoms with Gasteiger partial charge >= 0.3 is 0 Å². The second kappa shape index (κ2) is 5.23. The van der Waals surface area contributed by atoms with Crippen molar-refractivity contribution in [1.82, 2.24) is 9.97 Å². The minimum Gasteiger partial charge on any atom is -0.480 e. The largest absolute Gasteiger partial charge is 0.480 e. The van der Waals surface area contributed by atoms with Gasteiger partial charge < -0.3 is 15.2 Å². The van der Waals surface area contributed by atoms with Gasteiger partial charge in [0.05, 0.1) is 13.2 Å². The molecular weight excluding hydrogens is 206 g/mol. The van der Waals surface area contributed by atoms with Crippen LogP contribution in [0.5, 0.6) is 5.88 Å². The van der Waals surface area contributed by atoms with E-state index in [4.69, 9.17) is 15.2 Å². The minimum absolute atomic E-state index is 0.118. The molecule has 88 valence electrons. The number of methoxy groups -OCH3 is 1. The van der Waals surface area contributed by atoms with Crippen molar-refractivity contribution in [1.29, 1.82) is 0 Å². The third-order valence-electron chi connectivity index (χ3n) is 2.97. The Bertz CT molecular complexity index is 340. The highest BCUT2D eigenvalue weighted by Crippen LogP contribution is 2.30. The SMILES string of the molecule is COc1nccnc1C(N)C1CCOCC1. The number of nitrogens with two attached hydrogens (primary N) is 1. The summed E-state index contributed by atoms with van der Waals surface area (Å²) in [6.07, 6.45) is 5.21. The van der Waals surface area contributed by atoms with Gasteiger partial charge in [-0.2, -0.15) is 0 Å². The maximum absolute atomic E-state index is 6.21. The van der Waals surface area contributed by atoms with Crippen molar-refractivity contribution in [3.63, 3.8) is 0 Å². The van der Waals surface area contributed by atoms with Crippen LogP contribution >= 0.6 is 0 Å². The van der Waals surface area contributed by atoms with Crippen molar-refractivity contribution in [2.45, 2.75) is 18.9 Å². The van der Waals surface area contributed by atoms with Crippen LogP contribution in [0.1, 0.15) is 24.6 Å². The number of nitrogens with zero attached hydrogens (tertiary/aromatic N) is 2. The van der Waals surface area contributed by atoms with Gasteiger partial charge in [0.25, 0.3) is 0 Å². The second-order valence-electron chi connectivity index (χ2n) is 3.93. The lowest BCUT2D eigenvalue weighted by atomic mass is 9.90. The maximum atomic E-state index is 6.21. The highest BCUT2D eigenvalue weighted by molar-refractivity contribution is 5.21. The van der Waals surface area contributed by atoms with E-state index in [1.807, 2.05) is 0 Å². The molecular formula is C11H17N3O2. The fraction of sp³-hybridized carbons (Fsp3) is 0.636. The van der Waals surface area contributed by atoms with Gasteiger partial charge in [-0.1, -0.05) is 0 Å². The lowest BCUT2D eigenvalue weighted by Crippen LogP contribution is -2.28. The summed E-state index contributed by atoms with van der Waals surface area (Å²) in [5, 5.41) is 0. The molecule has 1 saturated heterocycles. The van der Waals surface area contributed by atoms with E-state index in [-0.39, 0.29) is 6.04 Å². The zero-order valence-electron chi connectivity index (χ0n) is 9.43. The Hall–Kier alpha value is -1.20. The average molecular weight is 223 g/mol. The molecule has 0 radical (unpaired) electrons. The molecule has 1 aliphatic heterocycles. The van der Waals surface area contributed by atoms with Crippen LogP contribution < -0.4 is 10.5 Å². The predicted molar refractivity (Wildman–Crippen MR) is 59.1 cm³/mol. The van der Waals surface area contributed by atoms with Gasteiger partial charge in [-0.05, 0) is 18.8 Å². The first-order chi connectivity index (χ1) is 7.83. The summed E-state index contributed by atoms with van der Waals surface area (Å²) in [4.78, 5) is 8.39. The van der Waals surface area contributed by atoms with Gasteiger partial charge in [0.1, 0.15) is 5.69 Å². The smallest absolute Gasteiger partial charge is 0.236 e. The highest BCUT2D eigenvalue weighted by atomic mass is 16.5. The molecule has 5 nitrogen and oxygen atoms in total. The van der Waals surface area contributed by atoms with Gasteiger partial charge in [-0.3, -0.25) is 4.98 Å². The van der Waals surface area contributed by atoms with E-state index >= 15 is 0 Å². The highest BCUT2D eigenvalue weighted by Gasteiger charge is 2.26. The Morgan fingerprint density at radius 1 is 1.38 bits per heavy atom. The number of aromatic nitrogens is 2. The summed E-state index contributed by atoms with van der Waals surface area (Å²) in [6, 6.07) is -0.118. The normalized spacial score (nSPS) is 19.4. The Morgan fingerprint density at radius 3 is 2.75 bits per heavy atom. The molecule has 0 saturated carbocycles. The number of hydrogen-bond acceptors (Lipinski definition) is 5. The number of hydrogen-bond donors (Lipinski definition) is 1. The van der Waals surface area contributed by atoms with Crippen molar-refractivity contribution in [2.75, 3.05) is 20.3 Å². The first-order valence-corrected chi connectivity index (χ1v) is 5.51. The van der Waals surface area contributed by atoms with Gasteiger partial charge in [-0.25, -0.2) is 4.98 Å². The molecule has 0 aromatic carbocycles. The molecule has 1 unspecified atom stereocenters. The monoisotopic (exact) mass is 223 g/mol. The van der Waals surface area contributed by atoms with Gasteiger partial charge in [0.2, 0.25) is 5.88 Å². The van der Waals surface area contributed by atoms with E-state index in [0.717, 1.165) is 31.7 Å². The average Bonchev–Trinajstić information content (AvgIpc) is 2.39. The number of rotatable bonds is 3. The Labute approximate surface area is 95.0 Å². The molecule has 1 aromatic heterocycles. The molecule has 5 heteroatoms. The van der Waals surface area contributed by atoms with Crippen LogP contribution in [0.2, 0.25) is 0 Å². The van der Waals surface area contributed by atoms with Crippen molar-refractivity contribution in [2.24, 2.45) is 11.7 Å². The zero-order chi connectivity index (χ0) is 11.4. The molecule has 2 heterocycles. The summed E-state index contributed by atoms with van der Waals surface area (Å²) >= 11 is 0. The summed E-state index contributed by atoms with van der Waals surface area (Å²) in [5.41, 5.74) is 6.96. The van der Waals surface area contributed by atoms with Crippen LogP contribution in [0.15, 0.2) is 12.4 Å². The third-order valence-corrected chi connectivity index (χ3v) is 2.97. The van der Waals surface area contributed by atoms with Crippen LogP contribution in [-0.4, -0.2) is 30.3 Å². The molecule has 1 atom stereocenters. The molecule has 2 rings (SSSR count). The quantitative estimate of drug-likeness (QED) is 0.824. The molecule has 16 heavy (non-hydrogen) atoms. The lowest BCUT2D eigenvalue weighted by Gasteiger charge is -2.27. The summed E-state index contributed by atoms with van der Waals surface area (Å²) in [7, 11) is 1.59. The fourth-order valence-electron chi connectivity index (χ4n) is 2.02. The first-order valence-electron chi connectivity index (χ1n) is 5.51. The van der Waals surface area contributed by atoms with Gasteiger partial charge in [0, 0.05) is 25.6 Å². The predicted octanol–water partition coefficient (Wildman–Crippen LogP) is 0.912. The zero-order valence-corrected chi connectivity index (χ0v) is 9.43. The van der Waals surface area contributed by atoms with E-state index in [1.165, 1.54) is 0 Å². The van der Waals surface area contributed by atoms with Gasteiger partial charge in [-0.15, -0.1) is 0 Å². The molecule has 0 bridgehead atoms. The molecule has 2 N–H and O–H groups in total. The van der Waals surface area contributed by atoms with Crippen molar-refractivity contribution in [3.05, 3.63) is 18.1 Å². The van der Waals surface area contributed by atoms with Crippen LogP contribution in [0.25, 0.3) is 0 Å². The number of ether oxygens (including phenoxy) is 2. The summed E-state index contributed by atoms with van der Waals surface area (Å²) in [5.74, 6) is 0.931. The molecule has 0 amide bonds. The third kappa shape index (κ3) is 2.31. The van der Waals surface area contributed by atoms with Crippen LogP contribution in [0.4, 0.5) is 0 Å². The Kier molecular flexibility index (Phi) is 3.69. The van der Waals surface area contributed by atoms with Crippen molar-refractivity contribution in [3.8, 4) is 5.88 Å². The molecule has 1 aliphatic rings. The Balaban J connectivity index is 2.15.